The van der Waals surface area contributed by atoms with Crippen molar-refractivity contribution in [3.8, 4) is 0 Å². The van der Waals surface area contributed by atoms with Crippen molar-refractivity contribution in [1.82, 2.24) is 10.9 Å². The molecule has 1 heterocycles. The second-order valence-corrected chi connectivity index (χ2v) is 4.71. The number of rotatable bonds is 2. The summed E-state index contributed by atoms with van der Waals surface area (Å²) in [6.07, 6.45) is 0. The molecule has 17 heavy (non-hydrogen) atoms. The van der Waals surface area contributed by atoms with E-state index in [0.29, 0.717) is 6.54 Å². The fraction of sp³-hybridized carbons (Fsp3) is 0.462. The van der Waals surface area contributed by atoms with Gasteiger partial charge in [-0.2, -0.15) is 0 Å². The molecule has 2 atom stereocenters. The van der Waals surface area contributed by atoms with Gasteiger partial charge in [-0.1, -0.05) is 6.07 Å². The fourth-order valence-electron chi connectivity index (χ4n) is 1.98. The van der Waals surface area contributed by atoms with E-state index in [-0.39, 0.29) is 17.9 Å². The van der Waals surface area contributed by atoms with Crippen molar-refractivity contribution in [3.05, 3.63) is 29.3 Å². The first kappa shape index (κ1) is 12.1. The highest BCUT2D eigenvalue weighted by Gasteiger charge is 2.29. The second kappa shape index (κ2) is 4.85. The van der Waals surface area contributed by atoms with E-state index < -0.39 is 0 Å². The van der Waals surface area contributed by atoms with Crippen LogP contribution in [0.1, 0.15) is 18.1 Å². The highest BCUT2D eigenvalue weighted by molar-refractivity contribution is 5.93. The summed E-state index contributed by atoms with van der Waals surface area (Å²) in [5, 5.41) is 2.96. The maximum atomic E-state index is 12.0. The number of hydrazine groups is 1. The van der Waals surface area contributed by atoms with E-state index in [1.807, 2.05) is 32.0 Å². The van der Waals surface area contributed by atoms with Crippen LogP contribution in [0.15, 0.2) is 18.2 Å². The number of anilines is 1. The van der Waals surface area contributed by atoms with Gasteiger partial charge in [0, 0.05) is 18.3 Å². The summed E-state index contributed by atoms with van der Waals surface area (Å²) in [6.45, 7) is 6.79. The van der Waals surface area contributed by atoms with Gasteiger partial charge in [-0.15, -0.1) is 0 Å². The Labute approximate surface area is 102 Å². The van der Waals surface area contributed by atoms with Crippen molar-refractivity contribution in [2.75, 3.05) is 11.9 Å². The first-order valence-electron chi connectivity index (χ1n) is 5.94. The fourth-order valence-corrected chi connectivity index (χ4v) is 1.98. The zero-order chi connectivity index (χ0) is 12.4. The zero-order valence-corrected chi connectivity index (χ0v) is 10.5. The van der Waals surface area contributed by atoms with Crippen molar-refractivity contribution >= 4 is 11.6 Å². The van der Waals surface area contributed by atoms with Gasteiger partial charge in [0.1, 0.15) is 0 Å². The van der Waals surface area contributed by atoms with E-state index >= 15 is 0 Å². The zero-order valence-electron chi connectivity index (χ0n) is 10.5. The predicted molar refractivity (Wildman–Crippen MR) is 68.6 cm³/mol. The molecule has 0 aromatic heterocycles. The molecule has 1 aliphatic heterocycles. The Bertz CT molecular complexity index is 431. The quantitative estimate of drug-likeness (QED) is 0.723. The van der Waals surface area contributed by atoms with E-state index in [1.165, 1.54) is 11.1 Å². The van der Waals surface area contributed by atoms with E-state index in [9.17, 15) is 4.79 Å². The van der Waals surface area contributed by atoms with Crippen molar-refractivity contribution < 1.29 is 4.79 Å². The number of amides is 1. The molecule has 4 nitrogen and oxygen atoms in total. The maximum Gasteiger partial charge on any atom is 0.230 e. The summed E-state index contributed by atoms with van der Waals surface area (Å²) >= 11 is 0. The summed E-state index contributed by atoms with van der Waals surface area (Å²) in [7, 11) is 0. The summed E-state index contributed by atoms with van der Waals surface area (Å²) in [4.78, 5) is 12.0. The third kappa shape index (κ3) is 2.65. The minimum absolute atomic E-state index is 0.0170. The van der Waals surface area contributed by atoms with Crippen molar-refractivity contribution in [2.45, 2.75) is 26.8 Å². The molecule has 0 saturated carbocycles. The van der Waals surface area contributed by atoms with E-state index in [0.717, 1.165) is 5.69 Å². The molecule has 92 valence electrons. The molecule has 1 aliphatic rings. The molecule has 2 unspecified atom stereocenters. The first-order valence-corrected chi connectivity index (χ1v) is 5.94. The summed E-state index contributed by atoms with van der Waals surface area (Å²) in [5.74, 6) is 0.0508. The Hall–Kier alpha value is -1.39. The van der Waals surface area contributed by atoms with Crippen molar-refractivity contribution in [2.24, 2.45) is 5.92 Å². The molecule has 0 radical (unpaired) electrons. The number of aryl methyl sites for hydroxylation is 2. The summed E-state index contributed by atoms with van der Waals surface area (Å²) in [6, 6.07) is 6.15. The maximum absolute atomic E-state index is 12.0. The van der Waals surface area contributed by atoms with Crippen molar-refractivity contribution in [1.29, 1.82) is 0 Å². The van der Waals surface area contributed by atoms with Crippen LogP contribution in [-0.2, 0) is 4.79 Å². The Morgan fingerprint density at radius 1 is 1.35 bits per heavy atom. The molecular weight excluding hydrogens is 214 g/mol. The van der Waals surface area contributed by atoms with E-state index in [2.05, 4.69) is 23.1 Å². The van der Waals surface area contributed by atoms with Gasteiger partial charge in [0.05, 0.1) is 5.92 Å². The van der Waals surface area contributed by atoms with Gasteiger partial charge in [0.15, 0.2) is 0 Å². The molecule has 4 heteroatoms. The molecular formula is C13H19N3O. The monoisotopic (exact) mass is 233 g/mol. The second-order valence-electron chi connectivity index (χ2n) is 4.71. The smallest absolute Gasteiger partial charge is 0.230 e. The van der Waals surface area contributed by atoms with Crippen LogP contribution in [0.5, 0.6) is 0 Å². The number of hydrogen-bond donors (Lipinski definition) is 3. The summed E-state index contributed by atoms with van der Waals surface area (Å²) in [5.41, 5.74) is 9.35. The van der Waals surface area contributed by atoms with Gasteiger partial charge in [0.25, 0.3) is 0 Å². The molecule has 1 aromatic rings. The molecule has 3 N–H and O–H groups in total. The van der Waals surface area contributed by atoms with Crippen LogP contribution in [0.4, 0.5) is 5.69 Å². The van der Waals surface area contributed by atoms with Gasteiger partial charge in [-0.25, -0.2) is 0 Å². The number of nitrogens with one attached hydrogen (secondary N) is 3. The number of carbonyl (C=O) groups excluding carboxylic acids is 1. The third-order valence-corrected chi connectivity index (χ3v) is 3.37. The molecule has 1 aromatic carbocycles. The van der Waals surface area contributed by atoms with Crippen LogP contribution in [0, 0.1) is 19.8 Å². The topological polar surface area (TPSA) is 53.2 Å². The molecule has 1 amide bonds. The largest absolute Gasteiger partial charge is 0.326 e. The highest BCUT2D eigenvalue weighted by Crippen LogP contribution is 2.16. The highest BCUT2D eigenvalue weighted by atomic mass is 16.2. The predicted octanol–water partition coefficient (Wildman–Crippen LogP) is 1.35. The lowest BCUT2D eigenvalue weighted by Crippen LogP contribution is -2.33. The Morgan fingerprint density at radius 2 is 2.12 bits per heavy atom. The minimum Gasteiger partial charge on any atom is -0.326 e. The van der Waals surface area contributed by atoms with Crippen LogP contribution in [0.25, 0.3) is 0 Å². The number of benzene rings is 1. The van der Waals surface area contributed by atoms with Gasteiger partial charge >= 0.3 is 0 Å². The Kier molecular flexibility index (Phi) is 3.45. The van der Waals surface area contributed by atoms with E-state index in [4.69, 9.17) is 0 Å². The molecule has 1 fully saturated rings. The standard InChI is InChI=1S/C13H19N3O/c1-8-4-5-11(6-9(8)2)15-13(17)12-7-14-16-10(12)3/h4-6,10,12,14,16H,7H2,1-3H3,(H,15,17). The first-order chi connectivity index (χ1) is 8.08. The molecule has 0 bridgehead atoms. The Balaban J connectivity index is 2.05. The molecule has 2 rings (SSSR count). The average Bonchev–Trinajstić information content (AvgIpc) is 2.70. The van der Waals surface area contributed by atoms with Crippen LogP contribution in [0.2, 0.25) is 0 Å². The SMILES string of the molecule is Cc1ccc(NC(=O)C2CNNC2C)cc1C. The van der Waals surface area contributed by atoms with Crippen LogP contribution >= 0.6 is 0 Å². The lowest BCUT2D eigenvalue weighted by molar-refractivity contribution is -0.119. The van der Waals surface area contributed by atoms with E-state index in [1.54, 1.807) is 0 Å². The van der Waals surface area contributed by atoms with Crippen LogP contribution in [0.3, 0.4) is 0 Å². The number of carbonyl (C=O) groups is 1. The lowest BCUT2D eigenvalue weighted by Gasteiger charge is -2.14. The van der Waals surface area contributed by atoms with Crippen molar-refractivity contribution in [3.63, 3.8) is 0 Å². The molecule has 0 aliphatic carbocycles. The normalized spacial score (nSPS) is 23.7. The average molecular weight is 233 g/mol. The molecule has 0 spiro atoms. The third-order valence-electron chi connectivity index (χ3n) is 3.37. The van der Waals surface area contributed by atoms with Gasteiger partial charge in [-0.05, 0) is 44.0 Å². The Morgan fingerprint density at radius 3 is 2.71 bits per heavy atom. The van der Waals surface area contributed by atoms with Gasteiger partial charge < -0.3 is 5.32 Å². The van der Waals surface area contributed by atoms with Gasteiger partial charge in [-0.3, -0.25) is 15.6 Å². The molecule has 1 saturated heterocycles. The van der Waals surface area contributed by atoms with Crippen LogP contribution < -0.4 is 16.2 Å². The lowest BCUT2D eigenvalue weighted by atomic mass is 10.0. The minimum atomic E-state index is -0.0170. The number of hydrogen-bond acceptors (Lipinski definition) is 3. The van der Waals surface area contributed by atoms with Gasteiger partial charge in [0.2, 0.25) is 5.91 Å². The summed E-state index contributed by atoms with van der Waals surface area (Å²) < 4.78 is 0. The van der Waals surface area contributed by atoms with Crippen LogP contribution in [-0.4, -0.2) is 18.5 Å².